The molecule has 152 valence electrons. The summed E-state index contributed by atoms with van der Waals surface area (Å²) in [6.07, 6.45) is -2.24. The molecule has 2 aliphatic heterocycles. The van der Waals surface area contributed by atoms with Gasteiger partial charge in [0.15, 0.2) is 12.1 Å². The molecule has 4 fully saturated rings. The van der Waals surface area contributed by atoms with Crippen molar-refractivity contribution in [1.82, 2.24) is 0 Å². The lowest BCUT2D eigenvalue weighted by Crippen LogP contribution is -2.76. The van der Waals surface area contributed by atoms with E-state index < -0.39 is 41.0 Å². The summed E-state index contributed by atoms with van der Waals surface area (Å²) in [7, 11) is 0. The summed E-state index contributed by atoms with van der Waals surface area (Å²) in [4.78, 5) is 13.3. The smallest absolute Gasteiger partial charge is 0.184 e. The van der Waals surface area contributed by atoms with Crippen molar-refractivity contribution < 1.29 is 29.2 Å². The summed E-state index contributed by atoms with van der Waals surface area (Å²) < 4.78 is 18.8. The molecule has 6 nitrogen and oxygen atoms in total. The van der Waals surface area contributed by atoms with Crippen LogP contribution in [-0.4, -0.2) is 52.6 Å². The maximum absolute atomic E-state index is 13.3. The van der Waals surface area contributed by atoms with E-state index in [1.165, 1.54) is 0 Å². The molecule has 2 saturated heterocycles. The summed E-state index contributed by atoms with van der Waals surface area (Å²) in [5.74, 6) is -0.179. The number of aliphatic hydroxyl groups excluding tert-OH is 1. The Labute approximate surface area is 164 Å². The van der Waals surface area contributed by atoms with Gasteiger partial charge in [-0.25, -0.2) is 0 Å². The van der Waals surface area contributed by atoms with Gasteiger partial charge >= 0.3 is 0 Å². The minimum absolute atomic E-state index is 0.0287. The summed E-state index contributed by atoms with van der Waals surface area (Å²) in [6.45, 7) is 5.81. The van der Waals surface area contributed by atoms with Crippen molar-refractivity contribution in [2.45, 2.75) is 69.9 Å². The van der Waals surface area contributed by atoms with Gasteiger partial charge in [0.1, 0.15) is 12.2 Å². The van der Waals surface area contributed by atoms with Gasteiger partial charge in [0.05, 0.1) is 29.8 Å². The van der Waals surface area contributed by atoms with Crippen molar-refractivity contribution in [1.29, 1.82) is 0 Å². The van der Waals surface area contributed by atoms with Gasteiger partial charge in [-0.2, -0.15) is 0 Å². The minimum atomic E-state index is -1.28. The molecule has 2 saturated carbocycles. The molecule has 2 heterocycles. The molecule has 0 radical (unpaired) electrons. The number of hydrogen-bond donors (Lipinski definition) is 2. The first kappa shape index (κ1) is 18.7. The maximum Gasteiger partial charge on any atom is 0.184 e. The average Bonchev–Trinajstić information content (AvgIpc) is 2.78. The Morgan fingerprint density at radius 1 is 1.14 bits per heavy atom. The van der Waals surface area contributed by atoms with Gasteiger partial charge < -0.3 is 24.4 Å². The quantitative estimate of drug-likeness (QED) is 0.765. The predicted molar refractivity (Wildman–Crippen MR) is 99.2 cm³/mol. The van der Waals surface area contributed by atoms with Gasteiger partial charge in [0, 0.05) is 16.9 Å². The first-order valence-electron chi connectivity index (χ1n) is 10.1. The van der Waals surface area contributed by atoms with Crippen LogP contribution in [0.5, 0.6) is 0 Å². The molecule has 0 aromatic heterocycles. The third kappa shape index (κ3) is 2.08. The van der Waals surface area contributed by atoms with Gasteiger partial charge in [-0.15, -0.1) is 0 Å². The van der Waals surface area contributed by atoms with Crippen molar-refractivity contribution in [2.75, 3.05) is 6.61 Å². The maximum atomic E-state index is 13.3. The Morgan fingerprint density at radius 3 is 2.57 bits per heavy atom. The molecule has 9 atom stereocenters. The standard InChI is InChI=1S/C22H28O6/c1-12-9-15-22(20(2)10-14(23)17(27-15)21(20,3)25)11-26-19(28-18(22)16(12)24)13-7-5-4-6-8-13/h4-8,12,14-15,17-19,23,25H,9-11H2,1-3H3/t12-,14-,15-,17-,18-,19?,20+,21+,22-/m1/s1. The first-order valence-corrected chi connectivity index (χ1v) is 10.1. The lowest BCUT2D eigenvalue weighted by atomic mass is 9.48. The Morgan fingerprint density at radius 2 is 1.86 bits per heavy atom. The Balaban J connectivity index is 1.61. The third-order valence-corrected chi connectivity index (χ3v) is 8.14. The van der Waals surface area contributed by atoms with E-state index in [0.717, 1.165) is 5.56 Å². The zero-order valence-corrected chi connectivity index (χ0v) is 16.5. The van der Waals surface area contributed by atoms with Gasteiger partial charge in [0.25, 0.3) is 0 Å². The summed E-state index contributed by atoms with van der Waals surface area (Å²) in [6, 6.07) is 9.58. The molecular weight excluding hydrogens is 360 g/mol. The molecule has 2 N–H and O–H groups in total. The van der Waals surface area contributed by atoms with Crippen LogP contribution < -0.4 is 0 Å². The van der Waals surface area contributed by atoms with E-state index in [-0.39, 0.29) is 24.4 Å². The molecule has 1 aromatic rings. The first-order chi connectivity index (χ1) is 13.2. The fourth-order valence-electron chi connectivity index (χ4n) is 6.31. The predicted octanol–water partition coefficient (Wildman–Crippen LogP) is 1.99. The van der Waals surface area contributed by atoms with Crippen molar-refractivity contribution in [3.05, 3.63) is 35.9 Å². The fourth-order valence-corrected chi connectivity index (χ4v) is 6.31. The molecule has 1 spiro atoms. The number of aliphatic hydroxyl groups is 2. The molecule has 1 unspecified atom stereocenters. The van der Waals surface area contributed by atoms with E-state index in [0.29, 0.717) is 12.8 Å². The number of fused-ring (bicyclic) bond motifs is 2. The van der Waals surface area contributed by atoms with E-state index in [1.807, 2.05) is 44.2 Å². The van der Waals surface area contributed by atoms with Crippen LogP contribution in [0.25, 0.3) is 0 Å². The van der Waals surface area contributed by atoms with Gasteiger partial charge in [-0.3, -0.25) is 4.79 Å². The molecule has 4 aliphatic rings. The van der Waals surface area contributed by atoms with E-state index >= 15 is 0 Å². The molecule has 2 aliphatic carbocycles. The van der Waals surface area contributed by atoms with E-state index in [4.69, 9.17) is 14.2 Å². The van der Waals surface area contributed by atoms with Crippen LogP contribution in [0.3, 0.4) is 0 Å². The largest absolute Gasteiger partial charge is 0.390 e. The fraction of sp³-hybridized carbons (Fsp3) is 0.682. The highest BCUT2D eigenvalue weighted by Gasteiger charge is 2.78. The number of rotatable bonds is 1. The molecule has 5 rings (SSSR count). The number of ketones is 1. The van der Waals surface area contributed by atoms with E-state index in [2.05, 4.69) is 0 Å². The lowest BCUT2D eigenvalue weighted by molar-refractivity contribution is -0.369. The lowest BCUT2D eigenvalue weighted by Gasteiger charge is -2.65. The van der Waals surface area contributed by atoms with E-state index in [9.17, 15) is 15.0 Å². The molecule has 0 amide bonds. The number of carbonyl (C=O) groups is 1. The Kier molecular flexibility index (Phi) is 3.91. The number of carbonyl (C=O) groups excluding carboxylic acids is 1. The molecular formula is C22H28O6. The second kappa shape index (κ2) is 5.86. The molecule has 28 heavy (non-hydrogen) atoms. The van der Waals surface area contributed by atoms with Crippen LogP contribution in [0, 0.1) is 16.7 Å². The monoisotopic (exact) mass is 388 g/mol. The van der Waals surface area contributed by atoms with Crippen molar-refractivity contribution in [3.63, 3.8) is 0 Å². The van der Waals surface area contributed by atoms with Crippen LogP contribution in [0.2, 0.25) is 0 Å². The van der Waals surface area contributed by atoms with E-state index in [1.54, 1.807) is 6.92 Å². The Hall–Kier alpha value is -1.31. The highest BCUT2D eigenvalue weighted by Crippen LogP contribution is 2.68. The topological polar surface area (TPSA) is 85.2 Å². The van der Waals surface area contributed by atoms with Crippen LogP contribution in [-0.2, 0) is 19.0 Å². The SMILES string of the molecule is C[C@@H]1C[C@H]2O[C@@H]3[C@H](O)C[C@](C)([C@]24COC(c2ccccc2)O[C@@H]4C1=O)[C@@]3(C)O. The number of Topliss-reactive ketones (excluding diaryl/α,β-unsaturated/α-hetero) is 1. The zero-order valence-electron chi connectivity index (χ0n) is 16.5. The summed E-state index contributed by atoms with van der Waals surface area (Å²) >= 11 is 0. The second-order valence-corrected chi connectivity index (χ2v) is 9.45. The number of ether oxygens (including phenoxy) is 3. The minimum Gasteiger partial charge on any atom is -0.390 e. The van der Waals surface area contributed by atoms with Crippen molar-refractivity contribution >= 4 is 5.78 Å². The molecule has 1 aromatic carbocycles. The highest BCUT2D eigenvalue weighted by molar-refractivity contribution is 5.87. The molecule has 6 heteroatoms. The van der Waals surface area contributed by atoms with Crippen LogP contribution in [0.4, 0.5) is 0 Å². The number of benzene rings is 1. The van der Waals surface area contributed by atoms with Crippen LogP contribution in [0.15, 0.2) is 30.3 Å². The summed E-state index contributed by atoms with van der Waals surface area (Å²) in [5.41, 5.74) is -2.03. The second-order valence-electron chi connectivity index (χ2n) is 9.45. The summed E-state index contributed by atoms with van der Waals surface area (Å²) in [5, 5.41) is 22.0. The van der Waals surface area contributed by atoms with Gasteiger partial charge in [0.2, 0.25) is 0 Å². The van der Waals surface area contributed by atoms with Crippen LogP contribution in [0.1, 0.15) is 45.5 Å². The highest BCUT2D eigenvalue weighted by atomic mass is 16.7. The number of hydrogen-bond acceptors (Lipinski definition) is 6. The molecule has 2 bridgehead atoms. The van der Waals surface area contributed by atoms with Crippen LogP contribution >= 0.6 is 0 Å². The van der Waals surface area contributed by atoms with Gasteiger partial charge in [-0.1, -0.05) is 44.2 Å². The zero-order chi connectivity index (χ0) is 19.9. The van der Waals surface area contributed by atoms with Crippen molar-refractivity contribution in [3.8, 4) is 0 Å². The third-order valence-electron chi connectivity index (χ3n) is 8.14. The normalized spacial score (nSPS) is 52.8. The van der Waals surface area contributed by atoms with Gasteiger partial charge in [-0.05, 0) is 19.8 Å². The Bertz CT molecular complexity index is 793. The van der Waals surface area contributed by atoms with Crippen molar-refractivity contribution in [2.24, 2.45) is 16.7 Å². The average molecular weight is 388 g/mol.